The summed E-state index contributed by atoms with van der Waals surface area (Å²) in [6, 6.07) is 14.0. The monoisotopic (exact) mass is 428 g/mol. The standard InChI is InChI=1S/C24H32N2O3S/c1-15-13-18(9-12-22(15)26-30(6,28)29)16(2)25-23(27)21-14-20(21)17-7-10-19(11-8-17)24(3,4)5/h7-13,16,20-21,26H,14H2,1-6H3,(H,25,27)/t16?,20?,21-/m1/s1. The van der Waals surface area contributed by atoms with Crippen molar-refractivity contribution in [3.8, 4) is 0 Å². The lowest BCUT2D eigenvalue weighted by Crippen LogP contribution is -2.28. The van der Waals surface area contributed by atoms with Gasteiger partial charge in [-0.1, -0.05) is 57.2 Å². The Hall–Kier alpha value is -2.34. The number of aryl methyl sites for hydroxylation is 1. The highest BCUT2D eigenvalue weighted by atomic mass is 32.2. The Bertz CT molecular complexity index is 1040. The number of hydrogen-bond acceptors (Lipinski definition) is 3. The van der Waals surface area contributed by atoms with Gasteiger partial charge in [0, 0.05) is 5.92 Å². The Morgan fingerprint density at radius 2 is 1.73 bits per heavy atom. The molecule has 6 heteroatoms. The van der Waals surface area contributed by atoms with Gasteiger partial charge < -0.3 is 5.32 Å². The van der Waals surface area contributed by atoms with E-state index in [4.69, 9.17) is 0 Å². The predicted molar refractivity (Wildman–Crippen MR) is 122 cm³/mol. The number of hydrogen-bond donors (Lipinski definition) is 2. The molecule has 1 aliphatic carbocycles. The fraction of sp³-hybridized carbons (Fsp3) is 0.458. The summed E-state index contributed by atoms with van der Waals surface area (Å²) in [5.41, 5.74) is 4.97. The van der Waals surface area contributed by atoms with Crippen molar-refractivity contribution in [1.29, 1.82) is 0 Å². The lowest BCUT2D eigenvalue weighted by molar-refractivity contribution is -0.123. The normalized spacial score (nSPS) is 19.8. The van der Waals surface area contributed by atoms with Crippen LogP contribution in [0.5, 0.6) is 0 Å². The van der Waals surface area contributed by atoms with E-state index in [1.165, 1.54) is 11.1 Å². The third-order valence-corrected chi connectivity index (χ3v) is 6.33. The number of carbonyl (C=O) groups is 1. The molecule has 5 nitrogen and oxygen atoms in total. The number of anilines is 1. The van der Waals surface area contributed by atoms with Crippen molar-refractivity contribution in [2.24, 2.45) is 5.92 Å². The molecular weight excluding hydrogens is 396 g/mol. The molecule has 2 aromatic carbocycles. The number of amides is 1. The molecular formula is C24H32N2O3S. The van der Waals surface area contributed by atoms with Crippen LogP contribution < -0.4 is 10.0 Å². The van der Waals surface area contributed by atoms with E-state index in [1.807, 2.05) is 26.0 Å². The first-order valence-corrected chi connectivity index (χ1v) is 12.2. The molecule has 2 N–H and O–H groups in total. The molecule has 0 saturated heterocycles. The van der Waals surface area contributed by atoms with Gasteiger partial charge in [-0.15, -0.1) is 0 Å². The lowest BCUT2D eigenvalue weighted by atomic mass is 9.86. The molecule has 162 valence electrons. The van der Waals surface area contributed by atoms with Gasteiger partial charge in [-0.25, -0.2) is 8.42 Å². The fourth-order valence-corrected chi connectivity index (χ4v) is 4.39. The molecule has 1 amide bonds. The third kappa shape index (κ3) is 5.42. The average molecular weight is 429 g/mol. The van der Waals surface area contributed by atoms with Gasteiger partial charge in [0.2, 0.25) is 15.9 Å². The van der Waals surface area contributed by atoms with Crippen LogP contribution in [-0.2, 0) is 20.2 Å². The van der Waals surface area contributed by atoms with Crippen LogP contribution in [0, 0.1) is 12.8 Å². The van der Waals surface area contributed by atoms with Gasteiger partial charge in [0.15, 0.2) is 0 Å². The molecule has 0 heterocycles. The lowest BCUT2D eigenvalue weighted by Gasteiger charge is -2.19. The summed E-state index contributed by atoms with van der Waals surface area (Å²) in [6.07, 6.45) is 2.01. The second kappa shape index (κ2) is 8.06. The maximum atomic E-state index is 12.7. The molecule has 3 rings (SSSR count). The van der Waals surface area contributed by atoms with Crippen LogP contribution in [0.4, 0.5) is 5.69 Å². The zero-order valence-corrected chi connectivity index (χ0v) is 19.4. The molecule has 1 saturated carbocycles. The number of nitrogens with one attached hydrogen (secondary N) is 2. The maximum Gasteiger partial charge on any atom is 0.229 e. The molecule has 0 spiro atoms. The van der Waals surface area contributed by atoms with Crippen LogP contribution in [0.3, 0.4) is 0 Å². The zero-order chi connectivity index (χ0) is 22.3. The minimum Gasteiger partial charge on any atom is -0.349 e. The first-order valence-electron chi connectivity index (χ1n) is 10.3. The minimum absolute atomic E-state index is 0.0141. The SMILES string of the molecule is Cc1cc(C(C)NC(=O)[C@@H]2CC2c2ccc(C(C)(C)C)cc2)ccc1NS(C)(=O)=O. The summed E-state index contributed by atoms with van der Waals surface area (Å²) >= 11 is 0. The van der Waals surface area contributed by atoms with E-state index in [9.17, 15) is 13.2 Å². The quantitative estimate of drug-likeness (QED) is 0.703. The van der Waals surface area contributed by atoms with Gasteiger partial charge in [0.05, 0.1) is 18.0 Å². The van der Waals surface area contributed by atoms with Crippen molar-refractivity contribution >= 4 is 21.6 Å². The van der Waals surface area contributed by atoms with Crippen LogP contribution >= 0.6 is 0 Å². The molecule has 30 heavy (non-hydrogen) atoms. The molecule has 0 radical (unpaired) electrons. The third-order valence-electron chi connectivity index (χ3n) is 5.74. The average Bonchev–Trinajstić information content (AvgIpc) is 3.42. The zero-order valence-electron chi connectivity index (χ0n) is 18.6. The van der Waals surface area contributed by atoms with Gasteiger partial charge >= 0.3 is 0 Å². The first kappa shape index (κ1) is 22.3. The van der Waals surface area contributed by atoms with Crippen LogP contribution in [0.2, 0.25) is 0 Å². The van der Waals surface area contributed by atoms with Crippen LogP contribution in [0.15, 0.2) is 42.5 Å². The number of rotatable bonds is 6. The highest BCUT2D eigenvalue weighted by Crippen LogP contribution is 2.48. The Morgan fingerprint density at radius 1 is 1.10 bits per heavy atom. The highest BCUT2D eigenvalue weighted by molar-refractivity contribution is 7.92. The summed E-state index contributed by atoms with van der Waals surface area (Å²) in [5.74, 6) is 0.373. The van der Waals surface area contributed by atoms with Crippen molar-refractivity contribution in [2.45, 2.75) is 58.4 Å². The van der Waals surface area contributed by atoms with Gasteiger partial charge in [-0.2, -0.15) is 0 Å². The Kier molecular flexibility index (Phi) is 6.01. The Balaban J connectivity index is 1.61. The highest BCUT2D eigenvalue weighted by Gasteiger charge is 2.44. The van der Waals surface area contributed by atoms with Crippen LogP contribution in [0.25, 0.3) is 0 Å². The Labute approximate surface area is 180 Å². The fourth-order valence-electron chi connectivity index (χ4n) is 3.76. The van der Waals surface area contributed by atoms with Crippen molar-refractivity contribution in [3.05, 3.63) is 64.7 Å². The van der Waals surface area contributed by atoms with Gasteiger partial charge in [-0.05, 0) is 59.9 Å². The summed E-state index contributed by atoms with van der Waals surface area (Å²) in [5, 5.41) is 3.11. The second-order valence-electron chi connectivity index (χ2n) is 9.50. The van der Waals surface area contributed by atoms with Gasteiger partial charge in [0.1, 0.15) is 0 Å². The minimum atomic E-state index is -3.32. The van der Waals surface area contributed by atoms with E-state index in [0.717, 1.165) is 23.8 Å². The van der Waals surface area contributed by atoms with E-state index >= 15 is 0 Å². The van der Waals surface area contributed by atoms with Crippen molar-refractivity contribution in [1.82, 2.24) is 5.32 Å². The second-order valence-corrected chi connectivity index (χ2v) is 11.2. The van der Waals surface area contributed by atoms with Crippen molar-refractivity contribution in [2.75, 3.05) is 11.0 Å². The summed E-state index contributed by atoms with van der Waals surface area (Å²) < 4.78 is 25.4. The first-order chi connectivity index (χ1) is 13.8. The van der Waals surface area contributed by atoms with Gasteiger partial charge in [0.25, 0.3) is 0 Å². The summed E-state index contributed by atoms with van der Waals surface area (Å²) in [4.78, 5) is 12.7. The van der Waals surface area contributed by atoms with E-state index in [-0.39, 0.29) is 29.2 Å². The molecule has 0 aromatic heterocycles. The summed E-state index contributed by atoms with van der Waals surface area (Å²) in [6.45, 7) is 10.4. The Morgan fingerprint density at radius 3 is 2.27 bits per heavy atom. The van der Waals surface area contributed by atoms with E-state index in [0.29, 0.717) is 5.69 Å². The van der Waals surface area contributed by atoms with E-state index < -0.39 is 10.0 Å². The molecule has 2 aromatic rings. The smallest absolute Gasteiger partial charge is 0.229 e. The molecule has 1 fully saturated rings. The molecule has 3 atom stereocenters. The van der Waals surface area contributed by atoms with Gasteiger partial charge in [-0.3, -0.25) is 9.52 Å². The topological polar surface area (TPSA) is 75.3 Å². The van der Waals surface area contributed by atoms with Crippen molar-refractivity contribution < 1.29 is 13.2 Å². The van der Waals surface area contributed by atoms with E-state index in [1.54, 1.807) is 6.07 Å². The number of benzene rings is 2. The molecule has 1 aliphatic rings. The molecule has 2 unspecified atom stereocenters. The predicted octanol–water partition coefficient (Wildman–Crippen LogP) is 4.64. The van der Waals surface area contributed by atoms with E-state index in [2.05, 4.69) is 55.1 Å². The number of sulfonamides is 1. The largest absolute Gasteiger partial charge is 0.349 e. The number of carbonyl (C=O) groups excluding carboxylic acids is 1. The molecule has 0 aliphatic heterocycles. The van der Waals surface area contributed by atoms with Crippen LogP contribution in [-0.4, -0.2) is 20.6 Å². The van der Waals surface area contributed by atoms with Crippen LogP contribution in [0.1, 0.15) is 68.3 Å². The van der Waals surface area contributed by atoms with Crippen molar-refractivity contribution in [3.63, 3.8) is 0 Å². The summed E-state index contributed by atoms with van der Waals surface area (Å²) in [7, 11) is -3.32. The maximum absolute atomic E-state index is 12.7. The molecule has 0 bridgehead atoms.